The molecule has 2 nitrogen and oxygen atoms in total. The van der Waals surface area contributed by atoms with Crippen molar-refractivity contribution in [3.05, 3.63) is 59.4 Å². The van der Waals surface area contributed by atoms with Gasteiger partial charge < -0.3 is 0 Å². The third-order valence-electron chi connectivity index (χ3n) is 3.33. The van der Waals surface area contributed by atoms with Gasteiger partial charge in [-0.3, -0.25) is 4.79 Å². The van der Waals surface area contributed by atoms with Gasteiger partial charge in [0, 0.05) is 10.9 Å². The summed E-state index contributed by atoms with van der Waals surface area (Å²) in [6.45, 7) is 1.87. The summed E-state index contributed by atoms with van der Waals surface area (Å²) in [5, 5.41) is 0.0153. The minimum Gasteiger partial charge on any atom is -0.298 e. The molecule has 3 rings (SSSR count). The van der Waals surface area contributed by atoms with Crippen molar-refractivity contribution in [2.24, 2.45) is 0 Å². The lowest BCUT2D eigenvalue weighted by Gasteiger charge is -2.03. The summed E-state index contributed by atoms with van der Waals surface area (Å²) >= 11 is 0. The number of benzene rings is 2. The first-order valence-electron chi connectivity index (χ1n) is 6.14. The molecule has 0 aliphatic carbocycles. The molecule has 1 heterocycles. The molecule has 100 valence electrons. The van der Waals surface area contributed by atoms with Gasteiger partial charge in [-0.2, -0.15) is 4.79 Å². The van der Waals surface area contributed by atoms with E-state index in [2.05, 4.69) is 0 Å². The molecular weight excluding hydrogens is 260 g/mol. The van der Waals surface area contributed by atoms with Gasteiger partial charge in [0.25, 0.3) is 0 Å². The largest absolute Gasteiger partial charge is 0.298 e. The fourth-order valence-electron chi connectivity index (χ4n) is 2.46. The maximum atomic E-state index is 14.5. The highest BCUT2D eigenvalue weighted by molar-refractivity contribution is 6.05. The van der Waals surface area contributed by atoms with Crippen LogP contribution in [0, 0.1) is 12.7 Å². The second-order valence-electron chi connectivity index (χ2n) is 4.66. The van der Waals surface area contributed by atoms with Crippen molar-refractivity contribution < 1.29 is 13.7 Å². The molecule has 0 N–H and O–H groups in total. The van der Waals surface area contributed by atoms with Crippen LogP contribution in [0.15, 0.2) is 42.5 Å². The van der Waals surface area contributed by atoms with Gasteiger partial charge in [0.2, 0.25) is 0 Å². The second kappa shape index (κ2) is 4.56. The van der Waals surface area contributed by atoms with Crippen LogP contribution < -0.4 is 0 Å². The first-order chi connectivity index (χ1) is 9.63. The van der Waals surface area contributed by atoms with Crippen molar-refractivity contribution in [3.8, 4) is 11.3 Å². The number of aryl methyl sites for hydroxylation is 1. The number of aldehydes is 1. The van der Waals surface area contributed by atoms with Gasteiger partial charge in [-0.1, -0.05) is 34.3 Å². The lowest BCUT2D eigenvalue weighted by Crippen LogP contribution is -1.90. The van der Waals surface area contributed by atoms with E-state index >= 15 is 0 Å². The number of rotatable bonds is 2. The third-order valence-corrected chi connectivity index (χ3v) is 3.33. The highest BCUT2D eigenvalue weighted by Crippen LogP contribution is 2.34. The van der Waals surface area contributed by atoms with E-state index < -0.39 is 5.82 Å². The standard InChI is InChI=1S/C16H11F2NO/c1-10-4-2-5-11(8-10)16-12(9-20)15-13(17)6-3-7-14(15)19(16)18/h2-9H,1H3. The van der Waals surface area contributed by atoms with Gasteiger partial charge in [0.15, 0.2) is 6.29 Å². The van der Waals surface area contributed by atoms with Crippen LogP contribution in [0.2, 0.25) is 0 Å². The van der Waals surface area contributed by atoms with E-state index in [9.17, 15) is 13.7 Å². The van der Waals surface area contributed by atoms with Crippen LogP contribution in [0.1, 0.15) is 15.9 Å². The number of halogens is 2. The zero-order valence-electron chi connectivity index (χ0n) is 10.7. The average Bonchev–Trinajstić information content (AvgIpc) is 2.73. The molecule has 20 heavy (non-hydrogen) atoms. The SMILES string of the molecule is Cc1cccc(-c2c(C=O)c3c(F)cccc3n2F)c1. The van der Waals surface area contributed by atoms with Crippen molar-refractivity contribution >= 4 is 17.2 Å². The van der Waals surface area contributed by atoms with Gasteiger partial charge in [-0.05, 0) is 25.1 Å². The van der Waals surface area contributed by atoms with Crippen molar-refractivity contribution in [1.29, 1.82) is 0 Å². The van der Waals surface area contributed by atoms with Gasteiger partial charge >= 0.3 is 0 Å². The summed E-state index contributed by atoms with van der Waals surface area (Å²) in [4.78, 5) is 11.7. The molecule has 0 spiro atoms. The van der Waals surface area contributed by atoms with Crippen molar-refractivity contribution in [1.82, 2.24) is 4.79 Å². The summed E-state index contributed by atoms with van der Waals surface area (Å²) in [6.07, 6.45) is 0.499. The Morgan fingerprint density at radius 1 is 1.15 bits per heavy atom. The molecule has 0 bridgehead atoms. The number of carbonyl (C=O) groups is 1. The highest BCUT2D eigenvalue weighted by Gasteiger charge is 2.21. The van der Waals surface area contributed by atoms with Crippen molar-refractivity contribution in [3.63, 3.8) is 0 Å². The normalized spacial score (nSPS) is 10.9. The number of hydrogen-bond acceptors (Lipinski definition) is 1. The Morgan fingerprint density at radius 3 is 2.60 bits per heavy atom. The van der Waals surface area contributed by atoms with E-state index in [-0.39, 0.29) is 22.2 Å². The lowest BCUT2D eigenvalue weighted by atomic mass is 10.0. The summed E-state index contributed by atoms with van der Waals surface area (Å²) in [7, 11) is 0. The number of hydrogen-bond donors (Lipinski definition) is 0. The van der Waals surface area contributed by atoms with Crippen LogP contribution in [0.3, 0.4) is 0 Å². The molecule has 3 aromatic rings. The van der Waals surface area contributed by atoms with Crippen LogP contribution >= 0.6 is 0 Å². The molecule has 1 aromatic heterocycles. The summed E-state index contributed by atoms with van der Waals surface area (Å²) in [6, 6.07) is 11.2. The second-order valence-corrected chi connectivity index (χ2v) is 4.66. The van der Waals surface area contributed by atoms with Gasteiger partial charge in [0.05, 0.1) is 16.8 Å². The topological polar surface area (TPSA) is 22.0 Å². The lowest BCUT2D eigenvalue weighted by molar-refractivity contribution is 0.112. The predicted octanol–water partition coefficient (Wildman–Crippen LogP) is 4.30. The van der Waals surface area contributed by atoms with Crippen LogP contribution in [0.25, 0.3) is 22.2 Å². The van der Waals surface area contributed by atoms with Gasteiger partial charge in [-0.15, -0.1) is 0 Å². The van der Waals surface area contributed by atoms with E-state index in [0.717, 1.165) is 5.56 Å². The Kier molecular flexibility index (Phi) is 2.86. The molecule has 2 aromatic carbocycles. The highest BCUT2D eigenvalue weighted by atomic mass is 19.2. The smallest absolute Gasteiger partial charge is 0.153 e. The zero-order chi connectivity index (χ0) is 14.3. The maximum absolute atomic E-state index is 14.5. The van der Waals surface area contributed by atoms with E-state index in [1.165, 1.54) is 18.2 Å². The Labute approximate surface area is 114 Å². The van der Waals surface area contributed by atoms with Crippen molar-refractivity contribution in [2.45, 2.75) is 6.92 Å². The number of fused-ring (bicyclic) bond motifs is 1. The number of nitrogens with zero attached hydrogens (tertiary/aromatic N) is 1. The quantitative estimate of drug-likeness (QED) is 0.637. The first kappa shape index (κ1) is 12.5. The molecule has 0 saturated carbocycles. The Balaban J connectivity index is 2.44. The van der Waals surface area contributed by atoms with Crippen LogP contribution in [-0.4, -0.2) is 11.1 Å². The first-order valence-corrected chi connectivity index (χ1v) is 6.14. The molecule has 0 unspecified atom stereocenters. The fourth-order valence-corrected chi connectivity index (χ4v) is 2.46. The third kappa shape index (κ3) is 1.72. The fraction of sp³-hybridized carbons (Fsp3) is 0.0625. The summed E-state index contributed by atoms with van der Waals surface area (Å²) in [5.74, 6) is -0.602. The molecule has 0 fully saturated rings. The molecule has 0 atom stereocenters. The average molecular weight is 271 g/mol. The monoisotopic (exact) mass is 271 g/mol. The molecule has 0 radical (unpaired) electrons. The van der Waals surface area contributed by atoms with Gasteiger partial charge in [0.1, 0.15) is 5.82 Å². The molecule has 0 aliphatic rings. The number of carbonyl (C=O) groups excluding carboxylic acids is 1. The summed E-state index contributed by atoms with van der Waals surface area (Å²) in [5.41, 5.74) is 1.66. The Morgan fingerprint density at radius 2 is 1.90 bits per heavy atom. The minimum atomic E-state index is -0.602. The van der Waals surface area contributed by atoms with E-state index in [1.807, 2.05) is 13.0 Å². The molecular formula is C16H11F2NO. The molecule has 4 heteroatoms. The van der Waals surface area contributed by atoms with Gasteiger partial charge in [-0.25, -0.2) is 4.39 Å². The molecule has 0 saturated heterocycles. The Hall–Kier alpha value is -2.49. The zero-order valence-corrected chi connectivity index (χ0v) is 10.7. The van der Waals surface area contributed by atoms with E-state index in [0.29, 0.717) is 16.6 Å². The van der Waals surface area contributed by atoms with Crippen LogP contribution in [0.5, 0.6) is 0 Å². The van der Waals surface area contributed by atoms with E-state index in [1.54, 1.807) is 18.2 Å². The summed E-state index contributed by atoms with van der Waals surface area (Å²) < 4.78 is 28.3. The number of aromatic nitrogens is 1. The van der Waals surface area contributed by atoms with Crippen LogP contribution in [-0.2, 0) is 0 Å². The van der Waals surface area contributed by atoms with Crippen LogP contribution in [0.4, 0.5) is 8.87 Å². The predicted molar refractivity (Wildman–Crippen MR) is 74.0 cm³/mol. The maximum Gasteiger partial charge on any atom is 0.153 e. The molecule has 0 aliphatic heterocycles. The van der Waals surface area contributed by atoms with E-state index in [4.69, 9.17) is 0 Å². The van der Waals surface area contributed by atoms with Crippen molar-refractivity contribution in [2.75, 3.05) is 0 Å². The molecule has 0 amide bonds. The minimum absolute atomic E-state index is 0.0153. The Bertz CT molecular complexity index is 821.